The minimum absolute atomic E-state index is 0.0158. The van der Waals surface area contributed by atoms with E-state index in [0.717, 1.165) is 11.4 Å². The molecule has 4 aromatic heterocycles. The van der Waals surface area contributed by atoms with Crippen LogP contribution in [0.3, 0.4) is 0 Å². The van der Waals surface area contributed by atoms with E-state index in [0.29, 0.717) is 49.9 Å². The number of hydrogen-bond acceptors (Lipinski definition) is 10. The lowest BCUT2D eigenvalue weighted by Crippen LogP contribution is -2.23. The minimum Gasteiger partial charge on any atom is -0.496 e. The van der Waals surface area contributed by atoms with Crippen molar-refractivity contribution in [2.75, 3.05) is 28.3 Å². The number of amides is 1. The zero-order valence-corrected chi connectivity index (χ0v) is 39.0. The van der Waals surface area contributed by atoms with E-state index in [1.165, 1.54) is 49.6 Å². The van der Waals surface area contributed by atoms with Gasteiger partial charge in [0, 0.05) is 48.4 Å². The molecule has 0 aliphatic heterocycles. The number of para-hydroxylation sites is 2. The largest absolute Gasteiger partial charge is 0.496 e. The predicted octanol–water partition coefficient (Wildman–Crippen LogP) is 8.29. The van der Waals surface area contributed by atoms with Crippen molar-refractivity contribution in [3.63, 3.8) is 0 Å². The molecule has 332 valence electrons. The number of carbonyl (C=O) groups is 4. The van der Waals surface area contributed by atoms with Crippen LogP contribution in [0.4, 0.5) is 0 Å². The van der Waals surface area contributed by atoms with Crippen molar-refractivity contribution in [2.24, 2.45) is 0 Å². The Morgan fingerprint density at radius 1 is 0.576 bits per heavy atom. The first-order valence-electron chi connectivity index (χ1n) is 20.1. The summed E-state index contributed by atoms with van der Waals surface area (Å²) in [4.78, 5) is 87.7. The van der Waals surface area contributed by atoms with Gasteiger partial charge in [0.05, 0.1) is 66.4 Å². The molecule has 14 nitrogen and oxygen atoms in total. The Bertz CT molecular complexity index is 3350. The number of carbonyl (C=O) groups excluding carboxylic acids is 3. The number of nitrogens with zero attached hydrogens (tertiary/aromatic N) is 5. The number of fused-ring (bicyclic) bond motifs is 2. The topological polar surface area (TPSA) is 180 Å². The molecule has 0 saturated carbocycles. The number of ketones is 2. The van der Waals surface area contributed by atoms with Gasteiger partial charge in [-0.1, -0.05) is 36.4 Å². The second kappa shape index (κ2) is 20.1. The molecule has 1 amide bonds. The third-order valence-corrected chi connectivity index (χ3v) is 11.3. The highest BCUT2D eigenvalue weighted by atomic mass is 79.9. The number of hydrogen-bond donors (Lipinski definition) is 1. The number of ether oxygens (including phenoxy) is 2. The van der Waals surface area contributed by atoms with Crippen LogP contribution in [0.25, 0.3) is 21.8 Å². The summed E-state index contributed by atoms with van der Waals surface area (Å²) in [7, 11) is 6.05. The summed E-state index contributed by atoms with van der Waals surface area (Å²) >= 11 is 6.73. The molecule has 8 rings (SSSR count). The number of methoxy groups -OCH3 is 2. The molecule has 4 heterocycles. The maximum absolute atomic E-state index is 13.5. The van der Waals surface area contributed by atoms with Crippen molar-refractivity contribution in [1.29, 1.82) is 0 Å². The molecule has 0 bridgehead atoms. The third kappa shape index (κ3) is 9.89. The summed E-state index contributed by atoms with van der Waals surface area (Å²) in [5, 5.41) is 10.3. The highest BCUT2D eigenvalue weighted by Crippen LogP contribution is 2.25. The molecule has 0 spiro atoms. The Hall–Kier alpha value is -7.56. The van der Waals surface area contributed by atoms with Crippen LogP contribution in [0.15, 0.2) is 153 Å². The van der Waals surface area contributed by atoms with Crippen LogP contribution < -0.4 is 20.3 Å². The SMILES string of the molecule is COc1ccc(C(=O)c2cn(Cc3cccc(Br)n3)c3ccccc3c2=O)cc1C(=O)N(C)C.COc1ccc(C(=O)c2cn(Cc3cccc(Br)n3)c3ccccc3c2=O)cc1C(=O)O. The van der Waals surface area contributed by atoms with Crippen LogP contribution in [-0.2, 0) is 13.1 Å². The Morgan fingerprint density at radius 3 is 1.41 bits per heavy atom. The normalized spacial score (nSPS) is 10.8. The van der Waals surface area contributed by atoms with Crippen LogP contribution in [0.5, 0.6) is 11.5 Å². The van der Waals surface area contributed by atoms with Gasteiger partial charge in [-0.3, -0.25) is 24.0 Å². The molecule has 16 heteroatoms. The molecule has 0 unspecified atom stereocenters. The minimum atomic E-state index is -1.23. The van der Waals surface area contributed by atoms with Gasteiger partial charge >= 0.3 is 5.97 Å². The van der Waals surface area contributed by atoms with Crippen LogP contribution in [0, 0.1) is 0 Å². The Morgan fingerprint density at radius 2 is 1.00 bits per heavy atom. The molecule has 0 fully saturated rings. The lowest BCUT2D eigenvalue weighted by atomic mass is 9.99. The van der Waals surface area contributed by atoms with Gasteiger partial charge in [0.25, 0.3) is 5.91 Å². The standard InChI is InChI=1S/C26H22BrN3O4.C24H17BrN2O5/c1-29(2)26(33)19-13-16(11-12-22(19)34-3)24(31)20-15-30(14-17-7-6-10-23(27)28-17)21-9-5-4-8-18(21)25(20)32;1-32-20-10-9-14(11-17(20)24(30)31)22(28)18-13-27(12-15-5-4-8-21(25)26-15)19-7-3-2-6-16(19)23(18)29/h4-13,15H,14H2,1-3H3;2-11,13H,12H2,1H3,(H,30,31). The number of pyridine rings is 4. The van der Waals surface area contributed by atoms with Gasteiger partial charge in [0.2, 0.25) is 10.9 Å². The smallest absolute Gasteiger partial charge is 0.339 e. The van der Waals surface area contributed by atoms with Crippen LogP contribution in [0.2, 0.25) is 0 Å². The van der Waals surface area contributed by atoms with Gasteiger partial charge in [-0.25, -0.2) is 14.8 Å². The van der Waals surface area contributed by atoms with Gasteiger partial charge in [0.1, 0.15) is 26.3 Å². The van der Waals surface area contributed by atoms with E-state index in [1.54, 1.807) is 67.3 Å². The number of carboxylic acids is 1. The van der Waals surface area contributed by atoms with Crippen molar-refractivity contribution in [3.8, 4) is 11.5 Å². The van der Waals surface area contributed by atoms with E-state index in [2.05, 4.69) is 41.8 Å². The van der Waals surface area contributed by atoms with Gasteiger partial charge in [-0.05, 0) is 117 Å². The number of rotatable bonds is 12. The summed E-state index contributed by atoms with van der Waals surface area (Å²) in [5.41, 5.74) is 2.45. The molecule has 4 aromatic carbocycles. The van der Waals surface area contributed by atoms with Crippen LogP contribution >= 0.6 is 31.9 Å². The summed E-state index contributed by atoms with van der Waals surface area (Å²) in [6, 6.07) is 33.9. The first-order chi connectivity index (χ1) is 31.7. The molecule has 0 saturated heterocycles. The first kappa shape index (κ1) is 46.4. The first-order valence-corrected chi connectivity index (χ1v) is 21.6. The molecule has 1 N–H and O–H groups in total. The van der Waals surface area contributed by atoms with Crippen molar-refractivity contribution in [3.05, 3.63) is 208 Å². The van der Waals surface area contributed by atoms with Crippen LogP contribution in [0.1, 0.15) is 63.9 Å². The quantitative estimate of drug-likeness (QED) is 0.0919. The Balaban J connectivity index is 0.000000197. The number of aromatic carboxylic acids is 1. The molecule has 0 aliphatic carbocycles. The van der Waals surface area contributed by atoms with E-state index >= 15 is 0 Å². The summed E-state index contributed by atoms with van der Waals surface area (Å²) < 4.78 is 15.4. The molecule has 0 atom stereocenters. The maximum atomic E-state index is 13.5. The predicted molar refractivity (Wildman–Crippen MR) is 256 cm³/mol. The van der Waals surface area contributed by atoms with Crippen molar-refractivity contribution in [2.45, 2.75) is 13.1 Å². The lowest BCUT2D eigenvalue weighted by Gasteiger charge is -2.15. The van der Waals surface area contributed by atoms with Gasteiger partial charge in [-0.15, -0.1) is 0 Å². The average Bonchev–Trinajstić information content (AvgIpc) is 3.32. The second-order valence-electron chi connectivity index (χ2n) is 14.9. The van der Waals surface area contributed by atoms with Gasteiger partial charge in [0.15, 0.2) is 11.6 Å². The van der Waals surface area contributed by atoms with Gasteiger partial charge < -0.3 is 28.6 Å². The number of carboxylic acid groups (broad SMARTS) is 1. The maximum Gasteiger partial charge on any atom is 0.339 e. The summed E-state index contributed by atoms with van der Waals surface area (Å²) in [6.07, 6.45) is 3.06. The van der Waals surface area contributed by atoms with E-state index in [1.807, 2.05) is 59.2 Å². The second-order valence-corrected chi connectivity index (χ2v) is 16.6. The summed E-state index contributed by atoms with van der Waals surface area (Å²) in [6.45, 7) is 0.705. The molecule has 0 radical (unpaired) electrons. The number of benzene rings is 4. The van der Waals surface area contributed by atoms with Crippen molar-refractivity contribution >= 4 is 77.1 Å². The zero-order valence-electron chi connectivity index (χ0n) is 35.8. The molecule has 66 heavy (non-hydrogen) atoms. The fourth-order valence-electron chi connectivity index (χ4n) is 7.29. The average molecular weight is 1010 g/mol. The fourth-order valence-corrected chi connectivity index (χ4v) is 8.05. The van der Waals surface area contributed by atoms with E-state index in [4.69, 9.17) is 9.47 Å². The Kier molecular flexibility index (Phi) is 14.1. The van der Waals surface area contributed by atoms with Gasteiger partial charge in [-0.2, -0.15) is 0 Å². The molecular weight excluding hydrogens is 974 g/mol. The highest BCUT2D eigenvalue weighted by Gasteiger charge is 2.23. The van der Waals surface area contributed by atoms with Crippen molar-refractivity contribution < 1.29 is 33.8 Å². The number of halogens is 2. The summed E-state index contributed by atoms with van der Waals surface area (Å²) in [5.74, 6) is -2.09. The fraction of sp³-hybridized carbons (Fsp3) is 0.120. The van der Waals surface area contributed by atoms with E-state index in [9.17, 15) is 33.9 Å². The molecular formula is C50H39Br2N5O9. The van der Waals surface area contributed by atoms with E-state index < -0.39 is 23.0 Å². The molecule has 0 aliphatic rings. The zero-order chi connectivity index (χ0) is 47.2. The van der Waals surface area contributed by atoms with Crippen LogP contribution in [-0.4, -0.2) is 80.9 Å². The Labute approximate surface area is 394 Å². The monoisotopic (exact) mass is 1010 g/mol. The highest BCUT2D eigenvalue weighted by molar-refractivity contribution is 9.10. The number of aromatic nitrogens is 4. The lowest BCUT2D eigenvalue weighted by molar-refractivity contribution is 0.0692. The van der Waals surface area contributed by atoms with Crippen molar-refractivity contribution in [1.82, 2.24) is 24.0 Å². The van der Waals surface area contributed by atoms with E-state index in [-0.39, 0.29) is 50.5 Å². The molecule has 8 aromatic rings. The third-order valence-electron chi connectivity index (χ3n) is 10.5.